The standard InChI is InChI=1S/C22H21ClN2O5/c1-12(8-21(28)29)24-20(27)11-17-13(2)25(19-7-6-16(26)10-18(17)19)22(30)14-4-3-5-15(23)9-14/h3-7,9-10,12,26H,8,11H2,1-2H3,(H,24,27)(H,28,29). The Morgan fingerprint density at radius 1 is 1.17 bits per heavy atom. The van der Waals surface area contributed by atoms with Crippen LogP contribution in [0.3, 0.4) is 0 Å². The normalized spacial score (nSPS) is 12.0. The van der Waals surface area contributed by atoms with E-state index in [2.05, 4.69) is 5.32 Å². The van der Waals surface area contributed by atoms with Crippen molar-refractivity contribution in [1.82, 2.24) is 9.88 Å². The maximum Gasteiger partial charge on any atom is 0.305 e. The fraction of sp³-hybridized carbons (Fsp3) is 0.227. The van der Waals surface area contributed by atoms with Crippen molar-refractivity contribution in [2.75, 3.05) is 0 Å². The summed E-state index contributed by atoms with van der Waals surface area (Å²) in [6, 6.07) is 10.6. The lowest BCUT2D eigenvalue weighted by Gasteiger charge is -2.12. The number of nitrogens with zero attached hydrogens (tertiary/aromatic N) is 1. The van der Waals surface area contributed by atoms with Gasteiger partial charge in [0.15, 0.2) is 0 Å². The van der Waals surface area contributed by atoms with Crippen LogP contribution in [0.4, 0.5) is 0 Å². The highest BCUT2D eigenvalue weighted by Crippen LogP contribution is 2.30. The molecule has 1 atom stereocenters. The lowest BCUT2D eigenvalue weighted by molar-refractivity contribution is -0.137. The number of hydrogen-bond acceptors (Lipinski definition) is 4. The molecule has 1 heterocycles. The van der Waals surface area contributed by atoms with Crippen LogP contribution >= 0.6 is 11.6 Å². The molecular formula is C22H21ClN2O5. The number of carboxylic acids is 1. The minimum absolute atomic E-state index is 0.00996. The molecule has 3 N–H and O–H groups in total. The number of fused-ring (bicyclic) bond motifs is 1. The van der Waals surface area contributed by atoms with E-state index in [1.165, 1.54) is 16.7 Å². The zero-order valence-corrected chi connectivity index (χ0v) is 17.2. The molecule has 156 valence electrons. The quantitative estimate of drug-likeness (QED) is 0.556. The molecule has 0 radical (unpaired) electrons. The molecule has 8 heteroatoms. The maximum absolute atomic E-state index is 13.2. The van der Waals surface area contributed by atoms with Gasteiger partial charge in [-0.2, -0.15) is 0 Å². The number of carbonyl (C=O) groups is 3. The Hall–Kier alpha value is -3.32. The van der Waals surface area contributed by atoms with Crippen molar-refractivity contribution in [3.05, 3.63) is 64.3 Å². The van der Waals surface area contributed by atoms with E-state index >= 15 is 0 Å². The molecule has 3 aromatic rings. The summed E-state index contributed by atoms with van der Waals surface area (Å²) in [5.74, 6) is -1.68. The fourth-order valence-corrected chi connectivity index (χ4v) is 3.70. The molecule has 0 saturated heterocycles. The Morgan fingerprint density at radius 3 is 2.57 bits per heavy atom. The van der Waals surface area contributed by atoms with Gasteiger partial charge in [-0.3, -0.25) is 19.0 Å². The van der Waals surface area contributed by atoms with Gasteiger partial charge in [-0.05, 0) is 55.8 Å². The van der Waals surface area contributed by atoms with Crippen molar-refractivity contribution >= 4 is 40.3 Å². The average Bonchev–Trinajstić information content (AvgIpc) is 2.91. The summed E-state index contributed by atoms with van der Waals surface area (Å²) in [5.41, 5.74) is 2.08. The number of aromatic hydroxyl groups is 1. The van der Waals surface area contributed by atoms with Crippen molar-refractivity contribution in [2.24, 2.45) is 0 Å². The number of hydrogen-bond donors (Lipinski definition) is 3. The second-order valence-corrected chi connectivity index (χ2v) is 7.60. The van der Waals surface area contributed by atoms with Crippen LogP contribution < -0.4 is 5.32 Å². The maximum atomic E-state index is 13.2. The highest BCUT2D eigenvalue weighted by Gasteiger charge is 2.22. The number of carbonyl (C=O) groups excluding carboxylic acids is 2. The highest BCUT2D eigenvalue weighted by molar-refractivity contribution is 6.31. The molecule has 1 aromatic heterocycles. The van der Waals surface area contributed by atoms with Crippen LogP contribution in [0.5, 0.6) is 5.75 Å². The number of amides is 1. The molecule has 0 fully saturated rings. The first-order valence-electron chi connectivity index (χ1n) is 9.31. The monoisotopic (exact) mass is 428 g/mol. The second-order valence-electron chi connectivity index (χ2n) is 7.16. The molecule has 2 aromatic carbocycles. The molecular weight excluding hydrogens is 408 g/mol. The number of phenolic OH excluding ortho intramolecular Hbond substituents is 1. The van der Waals surface area contributed by atoms with Gasteiger partial charge in [0.1, 0.15) is 5.75 Å². The third-order valence-corrected chi connectivity index (χ3v) is 5.05. The number of carboxylic acid groups (broad SMARTS) is 1. The average molecular weight is 429 g/mol. The highest BCUT2D eigenvalue weighted by atomic mass is 35.5. The van der Waals surface area contributed by atoms with E-state index in [-0.39, 0.29) is 30.4 Å². The van der Waals surface area contributed by atoms with Gasteiger partial charge in [0.2, 0.25) is 5.91 Å². The van der Waals surface area contributed by atoms with E-state index in [0.717, 1.165) is 0 Å². The summed E-state index contributed by atoms with van der Waals surface area (Å²) in [4.78, 5) is 36.5. The van der Waals surface area contributed by atoms with E-state index in [1.807, 2.05) is 0 Å². The third kappa shape index (κ3) is 4.46. The fourth-order valence-electron chi connectivity index (χ4n) is 3.51. The van der Waals surface area contributed by atoms with E-state index in [4.69, 9.17) is 16.7 Å². The summed E-state index contributed by atoms with van der Waals surface area (Å²) in [7, 11) is 0. The molecule has 0 aliphatic heterocycles. The lowest BCUT2D eigenvalue weighted by atomic mass is 10.1. The number of benzene rings is 2. The number of halogens is 1. The summed E-state index contributed by atoms with van der Waals surface area (Å²) in [6.07, 6.45) is -0.258. The molecule has 1 unspecified atom stereocenters. The Bertz CT molecular complexity index is 1150. The molecule has 30 heavy (non-hydrogen) atoms. The van der Waals surface area contributed by atoms with Crippen LogP contribution in [0.15, 0.2) is 42.5 Å². The van der Waals surface area contributed by atoms with Crippen LogP contribution in [0.1, 0.15) is 35.0 Å². The minimum atomic E-state index is -1.01. The zero-order chi connectivity index (χ0) is 22.0. The van der Waals surface area contributed by atoms with Gasteiger partial charge >= 0.3 is 5.97 Å². The smallest absolute Gasteiger partial charge is 0.305 e. The molecule has 0 aliphatic carbocycles. The summed E-state index contributed by atoms with van der Waals surface area (Å²) in [6.45, 7) is 3.33. The number of aromatic nitrogens is 1. The van der Waals surface area contributed by atoms with Crippen LogP contribution in [0.2, 0.25) is 5.02 Å². The van der Waals surface area contributed by atoms with Crippen molar-refractivity contribution < 1.29 is 24.6 Å². The van der Waals surface area contributed by atoms with Crippen LogP contribution in [0.25, 0.3) is 10.9 Å². The topological polar surface area (TPSA) is 109 Å². The van der Waals surface area contributed by atoms with Gasteiger partial charge in [-0.15, -0.1) is 0 Å². The Labute approximate surface area is 177 Å². The van der Waals surface area contributed by atoms with E-state index < -0.39 is 12.0 Å². The SMILES string of the molecule is Cc1c(CC(=O)NC(C)CC(=O)O)c2cc(O)ccc2n1C(=O)c1cccc(Cl)c1. The molecule has 0 spiro atoms. The molecule has 0 aliphatic rings. The Morgan fingerprint density at radius 2 is 1.90 bits per heavy atom. The van der Waals surface area contributed by atoms with Crippen LogP contribution in [-0.4, -0.2) is 38.6 Å². The van der Waals surface area contributed by atoms with Gasteiger partial charge in [-0.1, -0.05) is 17.7 Å². The van der Waals surface area contributed by atoms with Crippen molar-refractivity contribution in [2.45, 2.75) is 32.7 Å². The van der Waals surface area contributed by atoms with Gasteiger partial charge in [0.25, 0.3) is 5.91 Å². The van der Waals surface area contributed by atoms with E-state index in [0.29, 0.717) is 32.7 Å². The molecule has 0 bridgehead atoms. The van der Waals surface area contributed by atoms with E-state index in [9.17, 15) is 19.5 Å². The van der Waals surface area contributed by atoms with Crippen LogP contribution in [0, 0.1) is 6.92 Å². The number of phenols is 1. The van der Waals surface area contributed by atoms with Gasteiger partial charge in [-0.25, -0.2) is 0 Å². The van der Waals surface area contributed by atoms with Gasteiger partial charge in [0.05, 0.1) is 18.4 Å². The largest absolute Gasteiger partial charge is 0.508 e. The summed E-state index contributed by atoms with van der Waals surface area (Å²) in [5, 5.41) is 22.5. The van der Waals surface area contributed by atoms with E-state index in [1.54, 1.807) is 44.2 Å². The number of rotatable bonds is 6. The molecule has 0 saturated carbocycles. The lowest BCUT2D eigenvalue weighted by Crippen LogP contribution is -2.35. The Kier molecular flexibility index (Phi) is 6.12. The van der Waals surface area contributed by atoms with Gasteiger partial charge in [0, 0.05) is 27.7 Å². The zero-order valence-electron chi connectivity index (χ0n) is 16.5. The molecule has 3 rings (SSSR count). The molecule has 7 nitrogen and oxygen atoms in total. The predicted octanol–water partition coefficient (Wildman–Crippen LogP) is 3.52. The second kappa shape index (κ2) is 8.59. The van der Waals surface area contributed by atoms with Gasteiger partial charge < -0.3 is 15.5 Å². The summed E-state index contributed by atoms with van der Waals surface area (Å²) < 4.78 is 1.49. The third-order valence-electron chi connectivity index (χ3n) is 4.82. The van der Waals surface area contributed by atoms with Crippen LogP contribution in [-0.2, 0) is 16.0 Å². The van der Waals surface area contributed by atoms with Crippen molar-refractivity contribution in [3.8, 4) is 5.75 Å². The number of nitrogens with one attached hydrogen (secondary N) is 1. The summed E-state index contributed by atoms with van der Waals surface area (Å²) >= 11 is 6.02. The molecule has 1 amide bonds. The number of aliphatic carboxylic acids is 1. The predicted molar refractivity (Wildman–Crippen MR) is 113 cm³/mol. The first kappa shape index (κ1) is 21.4. The Balaban J connectivity index is 2.02. The van der Waals surface area contributed by atoms with Crippen molar-refractivity contribution in [3.63, 3.8) is 0 Å². The first-order chi connectivity index (χ1) is 14.2. The minimum Gasteiger partial charge on any atom is -0.508 e. The first-order valence-corrected chi connectivity index (χ1v) is 9.69. The van der Waals surface area contributed by atoms with Crippen molar-refractivity contribution in [1.29, 1.82) is 0 Å².